The third-order valence-corrected chi connectivity index (χ3v) is 3.74. The molecule has 0 aliphatic carbocycles. The highest BCUT2D eigenvalue weighted by atomic mass is 16.5. The minimum atomic E-state index is 0.330. The van der Waals surface area contributed by atoms with Gasteiger partial charge < -0.3 is 15.0 Å². The van der Waals surface area contributed by atoms with Crippen molar-refractivity contribution in [1.82, 2.24) is 9.97 Å². The number of nitrogens with zero attached hydrogens (tertiary/aromatic N) is 3. The zero-order valence-corrected chi connectivity index (χ0v) is 12.9. The zero-order valence-electron chi connectivity index (χ0n) is 12.9. The van der Waals surface area contributed by atoms with Crippen LogP contribution in [0, 0.1) is 0 Å². The van der Waals surface area contributed by atoms with E-state index in [0.29, 0.717) is 6.10 Å². The average molecular weight is 278 g/mol. The third-order valence-electron chi connectivity index (χ3n) is 3.74. The van der Waals surface area contributed by atoms with Gasteiger partial charge >= 0.3 is 0 Å². The van der Waals surface area contributed by atoms with E-state index in [4.69, 9.17) is 4.74 Å². The van der Waals surface area contributed by atoms with Crippen molar-refractivity contribution in [2.75, 3.05) is 37.0 Å². The molecular formula is C15H26N4O. The first-order valence-corrected chi connectivity index (χ1v) is 7.68. The van der Waals surface area contributed by atoms with E-state index in [1.54, 1.807) is 6.33 Å². The molecule has 1 atom stereocenters. The van der Waals surface area contributed by atoms with Crippen LogP contribution in [0.3, 0.4) is 0 Å². The van der Waals surface area contributed by atoms with E-state index < -0.39 is 0 Å². The molecule has 0 aromatic carbocycles. The van der Waals surface area contributed by atoms with Crippen molar-refractivity contribution in [2.24, 2.45) is 0 Å². The molecule has 1 aliphatic rings. The summed E-state index contributed by atoms with van der Waals surface area (Å²) in [6.45, 7) is 7.03. The van der Waals surface area contributed by atoms with Gasteiger partial charge in [-0.2, -0.15) is 0 Å². The van der Waals surface area contributed by atoms with Crippen LogP contribution < -0.4 is 10.2 Å². The molecule has 2 heterocycles. The number of hydrogen-bond donors (Lipinski definition) is 1. The summed E-state index contributed by atoms with van der Waals surface area (Å²) in [7, 11) is 1.92. The highest BCUT2D eigenvalue weighted by Crippen LogP contribution is 2.27. The molecule has 112 valence electrons. The number of piperidine rings is 1. The van der Waals surface area contributed by atoms with E-state index in [2.05, 4.69) is 34.0 Å². The molecule has 2 rings (SSSR count). The Bertz CT molecular complexity index is 422. The number of ether oxygens (including phenoxy) is 1. The summed E-state index contributed by atoms with van der Waals surface area (Å²) in [4.78, 5) is 11.2. The van der Waals surface area contributed by atoms with Crippen molar-refractivity contribution < 1.29 is 4.74 Å². The number of rotatable bonds is 6. The van der Waals surface area contributed by atoms with Crippen molar-refractivity contribution in [2.45, 2.75) is 45.6 Å². The Labute approximate surface area is 121 Å². The van der Waals surface area contributed by atoms with Crippen molar-refractivity contribution in [3.63, 3.8) is 0 Å². The van der Waals surface area contributed by atoms with Gasteiger partial charge in [-0.15, -0.1) is 0 Å². The molecule has 1 aliphatic heterocycles. The van der Waals surface area contributed by atoms with E-state index in [9.17, 15) is 0 Å². The Balaban J connectivity index is 2.22. The van der Waals surface area contributed by atoms with Crippen LogP contribution in [0.4, 0.5) is 11.6 Å². The van der Waals surface area contributed by atoms with Crippen molar-refractivity contribution in [3.05, 3.63) is 11.9 Å². The molecule has 0 bridgehead atoms. The monoisotopic (exact) mass is 278 g/mol. The molecule has 1 saturated heterocycles. The van der Waals surface area contributed by atoms with Crippen LogP contribution in [0.5, 0.6) is 0 Å². The first-order chi connectivity index (χ1) is 9.80. The van der Waals surface area contributed by atoms with Crippen molar-refractivity contribution >= 4 is 11.6 Å². The first-order valence-electron chi connectivity index (χ1n) is 7.68. The van der Waals surface area contributed by atoms with Gasteiger partial charge in [0.15, 0.2) is 0 Å². The predicted molar refractivity (Wildman–Crippen MR) is 82.4 cm³/mol. The van der Waals surface area contributed by atoms with Crippen LogP contribution in [0.25, 0.3) is 0 Å². The minimum Gasteiger partial charge on any atom is -0.377 e. The molecule has 1 N–H and O–H groups in total. The standard InChI is InChI=1S/C15H26N4O/c1-4-7-13-14(16-3)17-11-18-15(13)19-9-6-8-12(10-19)20-5-2/h11-12H,4-10H2,1-3H3,(H,16,17,18). The molecule has 0 amide bonds. The highest BCUT2D eigenvalue weighted by molar-refractivity contribution is 5.58. The number of aromatic nitrogens is 2. The second-order valence-corrected chi connectivity index (χ2v) is 5.19. The number of nitrogens with one attached hydrogen (secondary N) is 1. The fourth-order valence-electron chi connectivity index (χ4n) is 2.87. The maximum absolute atomic E-state index is 5.79. The Morgan fingerprint density at radius 2 is 2.25 bits per heavy atom. The van der Waals surface area contributed by atoms with Gasteiger partial charge in [0, 0.05) is 32.3 Å². The molecule has 1 unspecified atom stereocenters. The van der Waals surface area contributed by atoms with Crippen LogP contribution in [0.1, 0.15) is 38.7 Å². The lowest BCUT2D eigenvalue weighted by molar-refractivity contribution is 0.0525. The van der Waals surface area contributed by atoms with Crippen molar-refractivity contribution in [3.8, 4) is 0 Å². The quantitative estimate of drug-likeness (QED) is 0.866. The van der Waals surface area contributed by atoms with Crippen LogP contribution in [0.15, 0.2) is 6.33 Å². The Kier molecular flexibility index (Phi) is 5.59. The summed E-state index contributed by atoms with van der Waals surface area (Å²) in [5.41, 5.74) is 1.23. The first kappa shape index (κ1) is 15.0. The molecule has 0 spiro atoms. The summed E-state index contributed by atoms with van der Waals surface area (Å²) in [6.07, 6.45) is 6.40. The largest absolute Gasteiger partial charge is 0.377 e. The summed E-state index contributed by atoms with van der Waals surface area (Å²) >= 11 is 0. The molecule has 0 saturated carbocycles. The highest BCUT2D eigenvalue weighted by Gasteiger charge is 2.24. The summed E-state index contributed by atoms with van der Waals surface area (Å²) in [6, 6.07) is 0. The van der Waals surface area contributed by atoms with Crippen LogP contribution in [0.2, 0.25) is 0 Å². The maximum Gasteiger partial charge on any atom is 0.137 e. The van der Waals surface area contributed by atoms with Crippen LogP contribution >= 0.6 is 0 Å². The maximum atomic E-state index is 5.79. The van der Waals surface area contributed by atoms with Crippen LogP contribution in [-0.4, -0.2) is 42.8 Å². The number of hydrogen-bond acceptors (Lipinski definition) is 5. The molecule has 1 fully saturated rings. The average Bonchev–Trinajstić information content (AvgIpc) is 2.48. The fraction of sp³-hybridized carbons (Fsp3) is 0.733. The smallest absolute Gasteiger partial charge is 0.137 e. The summed E-state index contributed by atoms with van der Waals surface area (Å²) in [5, 5.41) is 3.19. The van der Waals surface area contributed by atoms with Gasteiger partial charge in [0.1, 0.15) is 18.0 Å². The Morgan fingerprint density at radius 3 is 2.95 bits per heavy atom. The minimum absolute atomic E-state index is 0.330. The van der Waals surface area contributed by atoms with Crippen LogP contribution in [-0.2, 0) is 11.2 Å². The molecule has 5 nitrogen and oxygen atoms in total. The summed E-state index contributed by atoms with van der Waals surface area (Å²) in [5.74, 6) is 2.03. The number of anilines is 2. The van der Waals surface area contributed by atoms with Gasteiger partial charge in [-0.05, 0) is 26.2 Å². The van der Waals surface area contributed by atoms with Gasteiger partial charge in [-0.1, -0.05) is 13.3 Å². The van der Waals surface area contributed by atoms with E-state index in [1.807, 2.05) is 7.05 Å². The molecular weight excluding hydrogens is 252 g/mol. The lowest BCUT2D eigenvalue weighted by Crippen LogP contribution is -2.40. The lowest BCUT2D eigenvalue weighted by atomic mass is 10.1. The molecule has 5 heteroatoms. The Morgan fingerprint density at radius 1 is 1.40 bits per heavy atom. The van der Waals surface area contributed by atoms with Crippen molar-refractivity contribution in [1.29, 1.82) is 0 Å². The van der Waals surface area contributed by atoms with E-state index in [0.717, 1.165) is 57.0 Å². The zero-order chi connectivity index (χ0) is 14.4. The summed E-state index contributed by atoms with van der Waals surface area (Å²) < 4.78 is 5.79. The van der Waals surface area contributed by atoms with Gasteiger partial charge in [0.25, 0.3) is 0 Å². The predicted octanol–water partition coefficient (Wildman–Crippen LogP) is 2.48. The van der Waals surface area contributed by atoms with Gasteiger partial charge in [0.2, 0.25) is 0 Å². The van der Waals surface area contributed by atoms with E-state index in [-0.39, 0.29) is 0 Å². The normalized spacial score (nSPS) is 19.1. The Hall–Kier alpha value is -1.36. The topological polar surface area (TPSA) is 50.3 Å². The third kappa shape index (κ3) is 3.39. The lowest BCUT2D eigenvalue weighted by Gasteiger charge is -2.34. The molecule has 1 aromatic rings. The van der Waals surface area contributed by atoms with Gasteiger partial charge in [0.05, 0.1) is 6.10 Å². The van der Waals surface area contributed by atoms with E-state index in [1.165, 1.54) is 5.56 Å². The second kappa shape index (κ2) is 7.43. The molecule has 0 radical (unpaired) electrons. The van der Waals surface area contributed by atoms with E-state index >= 15 is 0 Å². The molecule has 1 aromatic heterocycles. The fourth-order valence-corrected chi connectivity index (χ4v) is 2.87. The van der Waals surface area contributed by atoms with Gasteiger partial charge in [-0.3, -0.25) is 0 Å². The molecule has 20 heavy (non-hydrogen) atoms. The second-order valence-electron chi connectivity index (χ2n) is 5.19. The SMILES string of the molecule is CCCc1c(NC)ncnc1N1CCCC(OCC)C1. The van der Waals surface area contributed by atoms with Gasteiger partial charge in [-0.25, -0.2) is 9.97 Å².